The summed E-state index contributed by atoms with van der Waals surface area (Å²) in [5.41, 5.74) is 0. The van der Waals surface area contributed by atoms with Gasteiger partial charge in [0.1, 0.15) is 6.04 Å². The average molecular weight is 282 g/mol. The van der Waals surface area contributed by atoms with E-state index in [2.05, 4.69) is 4.74 Å². The van der Waals surface area contributed by atoms with Crippen molar-refractivity contribution in [3.63, 3.8) is 0 Å². The maximum atomic E-state index is 11.6. The largest absolute Gasteiger partial charge is 0.468 e. The van der Waals surface area contributed by atoms with Crippen LogP contribution in [0.2, 0.25) is 0 Å². The molecule has 0 aromatic heterocycles. The van der Waals surface area contributed by atoms with Crippen molar-refractivity contribution in [2.75, 3.05) is 7.11 Å². The molecule has 1 saturated heterocycles. The molecule has 0 N–H and O–H groups in total. The molecule has 2 rings (SSSR count). The van der Waals surface area contributed by atoms with Crippen molar-refractivity contribution in [2.45, 2.75) is 44.2 Å². The molecule has 2 fully saturated rings. The van der Waals surface area contributed by atoms with Crippen LogP contribution in [-0.4, -0.2) is 37.9 Å². The number of nitrogens with zero attached hydrogens (tertiary/aromatic N) is 1. The van der Waals surface area contributed by atoms with Crippen LogP contribution < -0.4 is 0 Å². The molecule has 3 atom stereocenters. The van der Waals surface area contributed by atoms with Gasteiger partial charge in [-0.3, -0.25) is 4.79 Å². The second kappa shape index (κ2) is 4.74. The molecule has 0 aromatic carbocycles. The quantitative estimate of drug-likeness (QED) is 0.565. The third-order valence-electron chi connectivity index (χ3n) is 3.75. The molecule has 1 heterocycles. The SMILES string of the molecule is COC(=O)C1CC2CCCCC2N1S(=O)(=O)Cl. The molecule has 98 valence electrons. The minimum atomic E-state index is -3.87. The summed E-state index contributed by atoms with van der Waals surface area (Å²) in [4.78, 5) is 11.6. The van der Waals surface area contributed by atoms with Crippen molar-refractivity contribution >= 4 is 25.9 Å². The summed E-state index contributed by atoms with van der Waals surface area (Å²) in [5.74, 6) is -0.273. The zero-order valence-electron chi connectivity index (χ0n) is 9.63. The highest BCUT2D eigenvalue weighted by molar-refractivity contribution is 8.11. The van der Waals surface area contributed by atoms with E-state index in [0.29, 0.717) is 6.42 Å². The molecule has 5 nitrogen and oxygen atoms in total. The zero-order chi connectivity index (χ0) is 12.6. The van der Waals surface area contributed by atoms with Crippen molar-refractivity contribution in [2.24, 2.45) is 5.92 Å². The lowest BCUT2D eigenvalue weighted by atomic mass is 9.85. The van der Waals surface area contributed by atoms with Gasteiger partial charge in [-0.1, -0.05) is 12.8 Å². The molecular formula is C10H16ClNO4S. The number of hydrogen-bond donors (Lipinski definition) is 0. The Morgan fingerprint density at radius 2 is 2.00 bits per heavy atom. The van der Waals surface area contributed by atoms with Gasteiger partial charge in [-0.25, -0.2) is 0 Å². The van der Waals surface area contributed by atoms with Gasteiger partial charge in [0.2, 0.25) is 0 Å². The maximum absolute atomic E-state index is 11.6. The minimum Gasteiger partial charge on any atom is -0.468 e. The van der Waals surface area contributed by atoms with E-state index in [9.17, 15) is 13.2 Å². The highest BCUT2D eigenvalue weighted by Crippen LogP contribution is 2.42. The summed E-state index contributed by atoms with van der Waals surface area (Å²) < 4.78 is 29.0. The van der Waals surface area contributed by atoms with Crippen LogP contribution in [-0.2, 0) is 18.8 Å². The van der Waals surface area contributed by atoms with E-state index in [0.717, 1.165) is 30.0 Å². The summed E-state index contributed by atoms with van der Waals surface area (Å²) in [6.45, 7) is 0. The Bertz CT molecular complexity index is 411. The standard InChI is InChI=1S/C10H16ClNO4S/c1-16-10(13)9-6-7-4-2-3-5-8(7)12(9)17(11,14)15/h7-9H,2-6H2,1H3. The first kappa shape index (κ1) is 13.1. The molecule has 17 heavy (non-hydrogen) atoms. The predicted octanol–water partition coefficient (Wildman–Crippen LogP) is 1.28. The number of hydrogen-bond acceptors (Lipinski definition) is 4. The third-order valence-corrected chi connectivity index (χ3v) is 5.26. The number of rotatable bonds is 2. The summed E-state index contributed by atoms with van der Waals surface area (Å²) in [6, 6.07) is -0.869. The van der Waals surface area contributed by atoms with E-state index in [1.807, 2.05) is 0 Å². The Labute approximate surface area is 106 Å². The number of carbonyl (C=O) groups is 1. The van der Waals surface area contributed by atoms with Crippen LogP contribution >= 0.6 is 10.7 Å². The molecule has 3 unspecified atom stereocenters. The van der Waals surface area contributed by atoms with Gasteiger partial charge < -0.3 is 4.74 Å². The normalized spacial score (nSPS) is 34.4. The molecule has 7 heteroatoms. The number of fused-ring (bicyclic) bond motifs is 1. The minimum absolute atomic E-state index is 0.129. The second-order valence-electron chi connectivity index (χ2n) is 4.66. The number of ether oxygens (including phenoxy) is 1. The first-order valence-electron chi connectivity index (χ1n) is 5.76. The lowest BCUT2D eigenvalue weighted by Gasteiger charge is -2.30. The van der Waals surface area contributed by atoms with Gasteiger partial charge in [0.05, 0.1) is 7.11 Å². The summed E-state index contributed by atoms with van der Waals surface area (Å²) in [7, 11) is 2.84. The highest BCUT2D eigenvalue weighted by Gasteiger charge is 2.50. The lowest BCUT2D eigenvalue weighted by Crippen LogP contribution is -2.44. The summed E-state index contributed by atoms with van der Waals surface area (Å²) >= 11 is 0. The smallest absolute Gasteiger partial charge is 0.324 e. The number of carbonyl (C=O) groups excluding carboxylic acids is 1. The maximum Gasteiger partial charge on any atom is 0.324 e. The van der Waals surface area contributed by atoms with Crippen LogP contribution in [0.3, 0.4) is 0 Å². The fourth-order valence-corrected chi connectivity index (χ4v) is 4.74. The Morgan fingerprint density at radius 3 is 2.59 bits per heavy atom. The number of halogens is 1. The number of methoxy groups -OCH3 is 1. The zero-order valence-corrected chi connectivity index (χ0v) is 11.2. The molecular weight excluding hydrogens is 266 g/mol. The van der Waals surface area contributed by atoms with Crippen LogP contribution in [0.1, 0.15) is 32.1 Å². The van der Waals surface area contributed by atoms with E-state index >= 15 is 0 Å². The van der Waals surface area contributed by atoms with Gasteiger partial charge in [-0.15, -0.1) is 0 Å². The van der Waals surface area contributed by atoms with Crippen LogP contribution in [0.4, 0.5) is 0 Å². The van der Waals surface area contributed by atoms with Crippen LogP contribution in [0.15, 0.2) is 0 Å². The van der Waals surface area contributed by atoms with E-state index in [1.54, 1.807) is 0 Å². The van der Waals surface area contributed by atoms with Crippen molar-refractivity contribution < 1.29 is 17.9 Å². The van der Waals surface area contributed by atoms with E-state index in [4.69, 9.17) is 10.7 Å². The Kier molecular flexibility index (Phi) is 3.66. The average Bonchev–Trinajstić information content (AvgIpc) is 2.66. The van der Waals surface area contributed by atoms with Gasteiger partial charge in [0, 0.05) is 16.7 Å². The molecule has 1 aliphatic carbocycles. The molecule has 0 spiro atoms. The molecule has 0 radical (unpaired) electrons. The first-order valence-corrected chi connectivity index (χ1v) is 8.02. The van der Waals surface area contributed by atoms with Gasteiger partial charge in [0.15, 0.2) is 0 Å². The van der Waals surface area contributed by atoms with E-state index in [-0.39, 0.29) is 12.0 Å². The fourth-order valence-electron chi connectivity index (χ4n) is 3.07. The summed E-state index contributed by atoms with van der Waals surface area (Å²) in [5, 5.41) is 0. The van der Waals surface area contributed by atoms with Crippen LogP contribution in [0.25, 0.3) is 0 Å². The fraction of sp³-hybridized carbons (Fsp3) is 0.900. The third kappa shape index (κ3) is 2.44. The topological polar surface area (TPSA) is 63.7 Å². The number of esters is 1. The van der Waals surface area contributed by atoms with Crippen molar-refractivity contribution in [1.82, 2.24) is 4.31 Å². The molecule has 0 amide bonds. The second-order valence-corrected chi connectivity index (χ2v) is 7.07. The van der Waals surface area contributed by atoms with E-state index in [1.165, 1.54) is 7.11 Å². The first-order chi connectivity index (χ1) is 7.95. The van der Waals surface area contributed by atoms with Gasteiger partial charge in [0.25, 0.3) is 0 Å². The Morgan fingerprint density at radius 1 is 1.35 bits per heavy atom. The van der Waals surface area contributed by atoms with Crippen molar-refractivity contribution in [3.8, 4) is 0 Å². The monoisotopic (exact) mass is 281 g/mol. The predicted molar refractivity (Wildman–Crippen MR) is 62.8 cm³/mol. The molecule has 0 bridgehead atoms. The van der Waals surface area contributed by atoms with Gasteiger partial charge >= 0.3 is 15.2 Å². The molecule has 1 saturated carbocycles. The van der Waals surface area contributed by atoms with Crippen molar-refractivity contribution in [3.05, 3.63) is 0 Å². The Hall–Kier alpha value is -0.330. The van der Waals surface area contributed by atoms with Crippen molar-refractivity contribution in [1.29, 1.82) is 0 Å². The Balaban J connectivity index is 2.30. The van der Waals surface area contributed by atoms with Gasteiger partial charge in [-0.05, 0) is 25.2 Å². The van der Waals surface area contributed by atoms with E-state index < -0.39 is 21.2 Å². The lowest BCUT2D eigenvalue weighted by molar-refractivity contribution is -0.144. The van der Waals surface area contributed by atoms with Crippen LogP contribution in [0, 0.1) is 5.92 Å². The molecule has 1 aliphatic heterocycles. The highest BCUT2D eigenvalue weighted by atomic mass is 35.7. The van der Waals surface area contributed by atoms with Crippen LogP contribution in [0.5, 0.6) is 0 Å². The molecule has 2 aliphatic rings. The van der Waals surface area contributed by atoms with Gasteiger partial charge in [-0.2, -0.15) is 12.7 Å². The molecule has 0 aromatic rings. The summed E-state index contributed by atoms with van der Waals surface area (Å²) in [6.07, 6.45) is 4.34.